The number of carboxylic acid groups (broad SMARTS) is 1. The van der Waals surface area contributed by atoms with Gasteiger partial charge in [0.1, 0.15) is 12.1 Å². The van der Waals surface area contributed by atoms with Crippen molar-refractivity contribution in [2.24, 2.45) is 22.2 Å². The molecule has 3 atom stereocenters. The Morgan fingerprint density at radius 1 is 1.02 bits per heavy atom. The summed E-state index contributed by atoms with van der Waals surface area (Å²) in [7, 11) is 0. The summed E-state index contributed by atoms with van der Waals surface area (Å²) in [6, 6.07) is 4.18. The Morgan fingerprint density at radius 3 is 2.50 bits per heavy atom. The summed E-state index contributed by atoms with van der Waals surface area (Å²) in [5, 5.41) is 18.0. The van der Waals surface area contributed by atoms with Crippen molar-refractivity contribution in [1.29, 1.82) is 0 Å². The number of hydrogen-bond acceptors (Lipinski definition) is 7. The van der Waals surface area contributed by atoms with E-state index < -0.39 is 48.4 Å². The number of nitrogens with two attached hydrogens (primary N) is 3. The van der Waals surface area contributed by atoms with E-state index in [9.17, 15) is 24.3 Å². The van der Waals surface area contributed by atoms with Crippen molar-refractivity contribution in [3.05, 3.63) is 54.2 Å². The Labute approximate surface area is 229 Å². The molecule has 2 aromatic heterocycles. The van der Waals surface area contributed by atoms with Gasteiger partial charge in [-0.3, -0.25) is 19.4 Å². The lowest BCUT2D eigenvalue weighted by Gasteiger charge is -2.20. The van der Waals surface area contributed by atoms with Gasteiger partial charge in [0.05, 0.1) is 18.9 Å². The molecule has 12 N–H and O–H groups in total. The summed E-state index contributed by atoms with van der Waals surface area (Å²) in [4.78, 5) is 63.7. The van der Waals surface area contributed by atoms with Crippen LogP contribution in [0.4, 0.5) is 0 Å². The summed E-state index contributed by atoms with van der Waals surface area (Å²) >= 11 is 0. The highest BCUT2D eigenvalue weighted by Gasteiger charge is 2.26. The fraction of sp³-hybridized carbons (Fsp3) is 0.360. The van der Waals surface area contributed by atoms with E-state index in [2.05, 4.69) is 35.9 Å². The number of aliphatic carboxylic acids is 1. The molecule has 0 aliphatic heterocycles. The quantitative estimate of drug-likeness (QED) is 0.0584. The van der Waals surface area contributed by atoms with Gasteiger partial charge in [-0.05, 0) is 24.5 Å². The molecule has 2 heterocycles. The van der Waals surface area contributed by atoms with Gasteiger partial charge in [0.2, 0.25) is 17.7 Å². The van der Waals surface area contributed by atoms with Crippen LogP contribution in [0.25, 0.3) is 10.9 Å². The number of nitrogens with one attached hydrogen (secondary N) is 5. The van der Waals surface area contributed by atoms with Crippen molar-refractivity contribution in [3.63, 3.8) is 0 Å². The van der Waals surface area contributed by atoms with Crippen molar-refractivity contribution in [3.8, 4) is 0 Å². The van der Waals surface area contributed by atoms with Crippen LogP contribution in [0.3, 0.4) is 0 Å². The second-order valence-corrected chi connectivity index (χ2v) is 9.14. The number of carboxylic acids is 1. The minimum absolute atomic E-state index is 0.0403. The summed E-state index contributed by atoms with van der Waals surface area (Å²) in [5.74, 6) is -3.22. The topological polar surface area (TPSA) is 259 Å². The number of para-hydroxylation sites is 1. The number of fused-ring (bicyclic) bond motifs is 1. The number of rotatable bonds is 15. The number of hydrogen-bond donors (Lipinski definition) is 9. The van der Waals surface area contributed by atoms with Gasteiger partial charge in [-0.15, -0.1) is 0 Å². The van der Waals surface area contributed by atoms with Crippen LogP contribution in [0.5, 0.6) is 0 Å². The second kappa shape index (κ2) is 14.3. The van der Waals surface area contributed by atoms with E-state index in [0.717, 1.165) is 16.5 Å². The minimum Gasteiger partial charge on any atom is -0.480 e. The van der Waals surface area contributed by atoms with E-state index in [1.54, 1.807) is 6.20 Å². The Hall–Kier alpha value is -4.92. The van der Waals surface area contributed by atoms with Crippen molar-refractivity contribution in [2.75, 3.05) is 13.1 Å². The zero-order valence-corrected chi connectivity index (χ0v) is 21.7. The van der Waals surface area contributed by atoms with Crippen LogP contribution in [0.2, 0.25) is 0 Å². The molecule has 0 aliphatic carbocycles. The number of guanidine groups is 1. The number of H-pyrrole nitrogens is 2. The zero-order valence-electron chi connectivity index (χ0n) is 21.7. The number of aliphatic imine (C=N–C) groups is 1. The largest absolute Gasteiger partial charge is 0.480 e. The molecule has 40 heavy (non-hydrogen) atoms. The molecule has 0 radical (unpaired) electrons. The zero-order chi connectivity index (χ0) is 29.1. The molecular formula is C25H34N10O5. The number of aromatic amines is 2. The lowest BCUT2D eigenvalue weighted by molar-refractivity contribution is -0.141. The number of aromatic nitrogens is 3. The monoisotopic (exact) mass is 554 g/mol. The lowest BCUT2D eigenvalue weighted by Crippen LogP contribution is -2.54. The number of carbonyl (C=O) groups is 4. The van der Waals surface area contributed by atoms with Gasteiger partial charge in [-0.1, -0.05) is 18.2 Å². The molecule has 3 amide bonds. The highest BCUT2D eigenvalue weighted by atomic mass is 16.4. The van der Waals surface area contributed by atoms with Crippen molar-refractivity contribution in [2.45, 2.75) is 43.8 Å². The van der Waals surface area contributed by atoms with Gasteiger partial charge < -0.3 is 48.2 Å². The van der Waals surface area contributed by atoms with Crippen LogP contribution < -0.4 is 33.2 Å². The van der Waals surface area contributed by atoms with E-state index in [0.29, 0.717) is 18.7 Å². The SMILES string of the molecule is NC(N)=NCCCC(N)C(=O)NC(Cc1cnc[nH]1)C(=O)NCC(=O)NC(Cc1c[nH]c2ccccc12)C(=O)O. The Morgan fingerprint density at radius 2 is 1.80 bits per heavy atom. The van der Waals surface area contributed by atoms with Crippen molar-refractivity contribution < 1.29 is 24.3 Å². The molecule has 3 aromatic rings. The third-order valence-electron chi connectivity index (χ3n) is 6.07. The van der Waals surface area contributed by atoms with E-state index in [1.807, 2.05) is 24.3 Å². The molecule has 0 saturated carbocycles. The first-order valence-electron chi connectivity index (χ1n) is 12.6. The first-order chi connectivity index (χ1) is 19.1. The number of amides is 3. The Bertz CT molecular complexity index is 1330. The fourth-order valence-corrected chi connectivity index (χ4v) is 4.01. The van der Waals surface area contributed by atoms with Gasteiger partial charge >= 0.3 is 5.97 Å². The summed E-state index contributed by atoms with van der Waals surface area (Å²) < 4.78 is 0. The van der Waals surface area contributed by atoms with Crippen molar-refractivity contribution in [1.82, 2.24) is 30.9 Å². The van der Waals surface area contributed by atoms with E-state index in [4.69, 9.17) is 17.2 Å². The third-order valence-corrected chi connectivity index (χ3v) is 6.07. The van der Waals surface area contributed by atoms with Gasteiger partial charge in [0.15, 0.2) is 5.96 Å². The van der Waals surface area contributed by atoms with Crippen LogP contribution in [0.15, 0.2) is 48.0 Å². The van der Waals surface area contributed by atoms with Gasteiger partial charge in [-0.25, -0.2) is 9.78 Å². The van der Waals surface area contributed by atoms with Crippen LogP contribution in [-0.4, -0.2) is 80.9 Å². The Kier molecular flexibility index (Phi) is 10.6. The van der Waals surface area contributed by atoms with Crippen LogP contribution in [-0.2, 0) is 32.0 Å². The minimum atomic E-state index is -1.22. The maximum atomic E-state index is 12.9. The molecule has 0 fully saturated rings. The molecule has 0 spiro atoms. The molecule has 0 aliphatic rings. The van der Waals surface area contributed by atoms with Crippen LogP contribution >= 0.6 is 0 Å². The third kappa shape index (κ3) is 8.83. The molecule has 0 bridgehead atoms. The standard InChI is InChI=1S/C25H34N10O5/c26-17(5-3-7-30-25(27)28)22(37)35-19(9-15-11-29-13-33-15)23(38)32-12-21(36)34-20(24(39)40)8-14-10-31-18-6-2-1-4-16(14)18/h1-2,4,6,10-11,13,17,19-20,31H,3,5,7-9,12,26H2,(H,29,33)(H,32,38)(H,34,36)(H,35,37)(H,39,40)(H4,27,28,30). The molecule has 15 heteroatoms. The first-order valence-corrected chi connectivity index (χ1v) is 12.6. The lowest BCUT2D eigenvalue weighted by atomic mass is 10.0. The highest BCUT2D eigenvalue weighted by Crippen LogP contribution is 2.19. The maximum Gasteiger partial charge on any atom is 0.326 e. The summed E-state index contributed by atoms with van der Waals surface area (Å²) in [6.07, 6.45) is 5.44. The van der Waals surface area contributed by atoms with E-state index in [-0.39, 0.29) is 25.2 Å². The highest BCUT2D eigenvalue weighted by molar-refractivity contribution is 5.93. The van der Waals surface area contributed by atoms with Gasteiger partial charge in [0, 0.05) is 48.4 Å². The maximum absolute atomic E-state index is 12.9. The Balaban J connectivity index is 1.56. The average Bonchev–Trinajstić information content (AvgIpc) is 3.58. The summed E-state index contributed by atoms with van der Waals surface area (Å²) in [5.41, 5.74) is 18.7. The van der Waals surface area contributed by atoms with Gasteiger partial charge in [0.25, 0.3) is 0 Å². The molecule has 0 saturated heterocycles. The van der Waals surface area contributed by atoms with Crippen LogP contribution in [0.1, 0.15) is 24.1 Å². The molecule has 1 aromatic carbocycles. The number of imidazole rings is 1. The molecule has 3 unspecified atom stereocenters. The molecule has 214 valence electrons. The number of nitrogens with zero attached hydrogens (tertiary/aromatic N) is 2. The predicted molar refractivity (Wildman–Crippen MR) is 147 cm³/mol. The molecular weight excluding hydrogens is 520 g/mol. The first kappa shape index (κ1) is 29.6. The summed E-state index contributed by atoms with van der Waals surface area (Å²) in [6.45, 7) is -0.204. The van der Waals surface area contributed by atoms with E-state index in [1.165, 1.54) is 12.5 Å². The normalized spacial score (nSPS) is 13.1. The second-order valence-electron chi connectivity index (χ2n) is 9.14. The van der Waals surface area contributed by atoms with E-state index >= 15 is 0 Å². The molecule has 3 rings (SSSR count). The smallest absolute Gasteiger partial charge is 0.326 e. The molecule has 15 nitrogen and oxygen atoms in total. The van der Waals surface area contributed by atoms with Crippen molar-refractivity contribution >= 4 is 40.6 Å². The van der Waals surface area contributed by atoms with Gasteiger partial charge in [-0.2, -0.15) is 0 Å². The predicted octanol–water partition coefficient (Wildman–Crippen LogP) is -1.77. The van der Waals surface area contributed by atoms with Crippen LogP contribution in [0, 0.1) is 0 Å². The fourth-order valence-electron chi connectivity index (χ4n) is 4.01. The average molecular weight is 555 g/mol. The number of carbonyl (C=O) groups excluding carboxylic acids is 3. The number of benzene rings is 1.